The number of likely N-dealkylation sites (tertiary alicyclic amines) is 1. The number of rotatable bonds is 6. The smallest absolute Gasteiger partial charge is 0.240 e. The molecule has 5 heteroatoms. The van der Waals surface area contributed by atoms with Crippen LogP contribution in [0.3, 0.4) is 0 Å². The van der Waals surface area contributed by atoms with E-state index in [1.54, 1.807) is 7.11 Å². The Hall–Kier alpha value is -2.66. The van der Waals surface area contributed by atoms with Gasteiger partial charge in [0.2, 0.25) is 5.89 Å². The molecule has 2 heterocycles. The van der Waals surface area contributed by atoms with Gasteiger partial charge in [-0.25, -0.2) is 0 Å². The van der Waals surface area contributed by atoms with E-state index in [0.717, 1.165) is 24.5 Å². The highest BCUT2D eigenvalue weighted by atomic mass is 16.5. The van der Waals surface area contributed by atoms with Crippen LogP contribution in [0.2, 0.25) is 0 Å². The molecule has 0 radical (unpaired) electrons. The molecule has 4 rings (SSSR count). The first-order valence-electron chi connectivity index (χ1n) is 9.05. The highest BCUT2D eigenvalue weighted by Crippen LogP contribution is 2.33. The molecule has 0 saturated carbocycles. The largest absolute Gasteiger partial charge is 0.497 e. The molecule has 0 aliphatic carbocycles. The summed E-state index contributed by atoms with van der Waals surface area (Å²) >= 11 is 0. The molecule has 3 aromatic rings. The third kappa shape index (κ3) is 3.78. The summed E-state index contributed by atoms with van der Waals surface area (Å²) in [4.78, 5) is 7.00. The summed E-state index contributed by atoms with van der Waals surface area (Å²) in [6.07, 6.45) is 3.03. The lowest BCUT2D eigenvalue weighted by Crippen LogP contribution is -2.23. The molecule has 5 nitrogen and oxygen atoms in total. The highest BCUT2D eigenvalue weighted by molar-refractivity contribution is 5.29. The number of ether oxygens (including phenoxy) is 1. The van der Waals surface area contributed by atoms with E-state index >= 15 is 0 Å². The fourth-order valence-electron chi connectivity index (χ4n) is 3.60. The second-order valence-corrected chi connectivity index (χ2v) is 6.67. The molecule has 26 heavy (non-hydrogen) atoms. The van der Waals surface area contributed by atoms with E-state index < -0.39 is 0 Å². The lowest BCUT2D eigenvalue weighted by molar-refractivity contribution is 0.212. The first-order valence-corrected chi connectivity index (χ1v) is 9.05. The summed E-state index contributed by atoms with van der Waals surface area (Å²) in [6.45, 7) is 1.74. The molecule has 1 aliphatic rings. The number of benzene rings is 2. The third-order valence-electron chi connectivity index (χ3n) is 4.92. The topological polar surface area (TPSA) is 51.4 Å². The SMILES string of the molecule is COc1ccc([C@H]2CCCN2Cc2nc(Cc3ccccc3)no2)cc1. The Kier molecular flexibility index (Phi) is 4.97. The van der Waals surface area contributed by atoms with Crippen LogP contribution in [0.15, 0.2) is 59.1 Å². The Labute approximate surface area is 153 Å². The zero-order valence-corrected chi connectivity index (χ0v) is 15.0. The monoisotopic (exact) mass is 349 g/mol. The molecule has 134 valence electrons. The highest BCUT2D eigenvalue weighted by Gasteiger charge is 2.27. The third-order valence-corrected chi connectivity index (χ3v) is 4.92. The second kappa shape index (κ2) is 7.70. The molecule has 1 fully saturated rings. The van der Waals surface area contributed by atoms with E-state index in [1.807, 2.05) is 30.3 Å². The predicted octanol–water partition coefficient (Wildman–Crippen LogP) is 4.01. The van der Waals surface area contributed by atoms with Crippen molar-refractivity contribution >= 4 is 0 Å². The molecular formula is C21H23N3O2. The van der Waals surface area contributed by atoms with Crippen molar-refractivity contribution in [2.75, 3.05) is 13.7 Å². The molecule has 2 aromatic carbocycles. The van der Waals surface area contributed by atoms with Crippen LogP contribution in [-0.4, -0.2) is 28.7 Å². The van der Waals surface area contributed by atoms with Gasteiger partial charge in [-0.1, -0.05) is 47.6 Å². The summed E-state index contributed by atoms with van der Waals surface area (Å²) in [7, 11) is 1.69. The number of hydrogen-bond donors (Lipinski definition) is 0. The molecule has 1 aromatic heterocycles. The number of aromatic nitrogens is 2. The minimum Gasteiger partial charge on any atom is -0.497 e. The molecule has 0 amide bonds. The van der Waals surface area contributed by atoms with Crippen LogP contribution in [0.4, 0.5) is 0 Å². The van der Waals surface area contributed by atoms with Crippen molar-refractivity contribution in [2.45, 2.75) is 31.8 Å². The fourth-order valence-corrected chi connectivity index (χ4v) is 3.60. The Morgan fingerprint density at radius 1 is 1.12 bits per heavy atom. The van der Waals surface area contributed by atoms with Gasteiger partial charge in [-0.15, -0.1) is 0 Å². The summed E-state index contributed by atoms with van der Waals surface area (Å²) in [5.74, 6) is 2.32. The average Bonchev–Trinajstić information content (AvgIpc) is 3.32. The standard InChI is InChI=1S/C21H23N3O2/c1-25-18-11-9-17(10-12-18)19-8-5-13-24(19)15-21-22-20(23-26-21)14-16-6-3-2-4-7-16/h2-4,6-7,9-12,19H,5,8,13-15H2,1H3/t19-/m1/s1. The molecule has 1 aliphatic heterocycles. The summed E-state index contributed by atoms with van der Waals surface area (Å²) in [5.41, 5.74) is 2.50. The van der Waals surface area contributed by atoms with Crippen molar-refractivity contribution in [3.8, 4) is 5.75 Å². The Morgan fingerprint density at radius 3 is 2.69 bits per heavy atom. The molecule has 0 bridgehead atoms. The quantitative estimate of drug-likeness (QED) is 0.673. The van der Waals surface area contributed by atoms with Gasteiger partial charge in [0.15, 0.2) is 5.82 Å². The van der Waals surface area contributed by atoms with Crippen LogP contribution >= 0.6 is 0 Å². The van der Waals surface area contributed by atoms with Crippen molar-refractivity contribution in [1.82, 2.24) is 15.0 Å². The van der Waals surface area contributed by atoms with Crippen molar-refractivity contribution in [2.24, 2.45) is 0 Å². The Bertz CT molecular complexity index is 830. The lowest BCUT2D eigenvalue weighted by atomic mass is 10.0. The molecule has 1 atom stereocenters. The minimum absolute atomic E-state index is 0.394. The maximum atomic E-state index is 5.50. The molecule has 1 saturated heterocycles. The number of hydrogen-bond acceptors (Lipinski definition) is 5. The predicted molar refractivity (Wildman–Crippen MR) is 98.9 cm³/mol. The van der Waals surface area contributed by atoms with Crippen molar-refractivity contribution in [1.29, 1.82) is 0 Å². The van der Waals surface area contributed by atoms with E-state index in [1.165, 1.54) is 17.5 Å². The van der Waals surface area contributed by atoms with E-state index in [2.05, 4.69) is 39.3 Å². The van der Waals surface area contributed by atoms with Gasteiger partial charge in [-0.05, 0) is 42.6 Å². The van der Waals surface area contributed by atoms with Crippen LogP contribution in [-0.2, 0) is 13.0 Å². The molecule has 0 N–H and O–H groups in total. The van der Waals surface area contributed by atoms with Gasteiger partial charge in [-0.3, -0.25) is 4.90 Å². The zero-order chi connectivity index (χ0) is 17.8. The van der Waals surface area contributed by atoms with Crippen LogP contribution in [0.1, 0.15) is 41.7 Å². The summed E-state index contributed by atoms with van der Waals surface area (Å²) in [6, 6.07) is 19.0. The number of nitrogens with zero attached hydrogens (tertiary/aromatic N) is 3. The van der Waals surface area contributed by atoms with Gasteiger partial charge in [0.05, 0.1) is 13.7 Å². The van der Waals surface area contributed by atoms with Gasteiger partial charge in [0.1, 0.15) is 5.75 Å². The zero-order valence-electron chi connectivity index (χ0n) is 15.0. The molecular weight excluding hydrogens is 326 g/mol. The van der Waals surface area contributed by atoms with Crippen LogP contribution in [0, 0.1) is 0 Å². The van der Waals surface area contributed by atoms with Crippen molar-refractivity contribution < 1.29 is 9.26 Å². The van der Waals surface area contributed by atoms with Crippen LogP contribution in [0.25, 0.3) is 0 Å². The van der Waals surface area contributed by atoms with E-state index in [0.29, 0.717) is 24.9 Å². The maximum absolute atomic E-state index is 5.50. The molecule has 0 unspecified atom stereocenters. The molecule has 0 spiro atoms. The van der Waals surface area contributed by atoms with Gasteiger partial charge < -0.3 is 9.26 Å². The van der Waals surface area contributed by atoms with Gasteiger partial charge in [-0.2, -0.15) is 4.98 Å². The van der Waals surface area contributed by atoms with E-state index in [-0.39, 0.29) is 0 Å². The first-order chi connectivity index (χ1) is 12.8. The summed E-state index contributed by atoms with van der Waals surface area (Å²) < 4.78 is 10.8. The van der Waals surface area contributed by atoms with Gasteiger partial charge in [0, 0.05) is 12.5 Å². The van der Waals surface area contributed by atoms with Crippen molar-refractivity contribution in [3.05, 3.63) is 77.4 Å². The van der Waals surface area contributed by atoms with E-state index in [9.17, 15) is 0 Å². The minimum atomic E-state index is 0.394. The van der Waals surface area contributed by atoms with E-state index in [4.69, 9.17) is 9.26 Å². The van der Waals surface area contributed by atoms with Crippen LogP contribution < -0.4 is 4.74 Å². The fraction of sp³-hybridized carbons (Fsp3) is 0.333. The Balaban J connectivity index is 1.43. The Morgan fingerprint density at radius 2 is 1.92 bits per heavy atom. The first kappa shape index (κ1) is 16.8. The van der Waals surface area contributed by atoms with Crippen LogP contribution in [0.5, 0.6) is 5.75 Å². The normalized spacial score (nSPS) is 17.5. The van der Waals surface area contributed by atoms with Crippen molar-refractivity contribution in [3.63, 3.8) is 0 Å². The maximum Gasteiger partial charge on any atom is 0.240 e. The average molecular weight is 349 g/mol. The lowest BCUT2D eigenvalue weighted by Gasteiger charge is -2.23. The summed E-state index contributed by atoms with van der Waals surface area (Å²) in [5, 5.41) is 4.14. The van der Waals surface area contributed by atoms with Gasteiger partial charge >= 0.3 is 0 Å². The van der Waals surface area contributed by atoms with Gasteiger partial charge in [0.25, 0.3) is 0 Å². The second-order valence-electron chi connectivity index (χ2n) is 6.67. The number of methoxy groups -OCH3 is 1.